The number of carbonyl (C=O) groups excluding carboxylic acids is 1. The van der Waals surface area contributed by atoms with Crippen molar-refractivity contribution in [2.75, 3.05) is 29.9 Å². The van der Waals surface area contributed by atoms with Crippen LogP contribution in [0.3, 0.4) is 0 Å². The van der Waals surface area contributed by atoms with Crippen molar-refractivity contribution in [1.29, 1.82) is 0 Å². The number of likely N-dealkylation sites (tertiary alicyclic amines) is 1. The molecule has 5 nitrogen and oxygen atoms in total. The molecule has 1 N–H and O–H groups in total. The summed E-state index contributed by atoms with van der Waals surface area (Å²) in [5.41, 5.74) is 5.90. The van der Waals surface area contributed by atoms with Crippen molar-refractivity contribution in [3.8, 4) is 0 Å². The maximum atomic E-state index is 12.8. The first-order chi connectivity index (χ1) is 14.6. The van der Waals surface area contributed by atoms with Crippen molar-refractivity contribution in [3.63, 3.8) is 0 Å². The van der Waals surface area contributed by atoms with E-state index in [1.165, 1.54) is 48.2 Å². The highest BCUT2D eigenvalue weighted by atomic mass is 16.2. The fraction of sp³-hybridized carbons (Fsp3) is 0.480. The summed E-state index contributed by atoms with van der Waals surface area (Å²) in [6, 6.07) is 16.0. The number of nitrogens with one attached hydrogen (secondary N) is 1. The lowest BCUT2D eigenvalue weighted by molar-refractivity contribution is 0.204. The number of urea groups is 1. The highest BCUT2D eigenvalue weighted by molar-refractivity contribution is 5.90. The predicted octanol–water partition coefficient (Wildman–Crippen LogP) is 4.61. The quantitative estimate of drug-likeness (QED) is 0.812. The van der Waals surface area contributed by atoms with Crippen LogP contribution in [0.15, 0.2) is 42.5 Å². The van der Waals surface area contributed by atoms with E-state index in [2.05, 4.69) is 59.3 Å². The van der Waals surface area contributed by atoms with E-state index in [0.29, 0.717) is 19.1 Å². The van der Waals surface area contributed by atoms with Gasteiger partial charge in [0.1, 0.15) is 0 Å². The van der Waals surface area contributed by atoms with Crippen LogP contribution in [0.4, 0.5) is 16.2 Å². The lowest BCUT2D eigenvalue weighted by atomic mass is 10.1. The van der Waals surface area contributed by atoms with Crippen molar-refractivity contribution >= 4 is 17.4 Å². The largest absolute Gasteiger partial charge is 0.370 e. The highest BCUT2D eigenvalue weighted by Gasteiger charge is 2.33. The maximum Gasteiger partial charge on any atom is 0.322 e. The molecule has 2 atom stereocenters. The second kappa shape index (κ2) is 7.95. The molecule has 30 heavy (non-hydrogen) atoms. The van der Waals surface area contributed by atoms with Crippen LogP contribution in [0.2, 0.25) is 0 Å². The number of carbonyl (C=O) groups is 1. The second-order valence-electron chi connectivity index (χ2n) is 9.17. The minimum Gasteiger partial charge on any atom is -0.370 e. The molecule has 0 radical (unpaired) electrons. The van der Waals surface area contributed by atoms with Gasteiger partial charge >= 0.3 is 6.03 Å². The molecule has 2 fully saturated rings. The molecular weight excluding hydrogens is 372 g/mol. The van der Waals surface area contributed by atoms with Crippen LogP contribution < -0.4 is 10.2 Å². The number of hydrogen-bond acceptors (Lipinski definition) is 3. The molecule has 3 heterocycles. The van der Waals surface area contributed by atoms with Gasteiger partial charge in [0.2, 0.25) is 0 Å². The van der Waals surface area contributed by atoms with Crippen LogP contribution in [-0.2, 0) is 13.1 Å². The maximum absolute atomic E-state index is 12.8. The third-order valence-electron chi connectivity index (χ3n) is 7.15. The number of benzene rings is 2. The normalized spacial score (nSPS) is 23.8. The average molecular weight is 405 g/mol. The number of fused-ring (bicyclic) bond motifs is 1. The second-order valence-corrected chi connectivity index (χ2v) is 9.17. The van der Waals surface area contributed by atoms with Crippen molar-refractivity contribution in [2.45, 2.75) is 58.3 Å². The Morgan fingerprint density at radius 1 is 1.03 bits per heavy atom. The van der Waals surface area contributed by atoms with Crippen LogP contribution in [0, 0.1) is 6.92 Å². The van der Waals surface area contributed by atoms with E-state index < -0.39 is 0 Å². The van der Waals surface area contributed by atoms with Gasteiger partial charge in [-0.2, -0.15) is 0 Å². The molecule has 0 aliphatic carbocycles. The third-order valence-corrected chi connectivity index (χ3v) is 7.15. The smallest absolute Gasteiger partial charge is 0.322 e. The Bertz CT molecular complexity index is 917. The molecule has 3 aliphatic rings. The monoisotopic (exact) mass is 404 g/mol. The van der Waals surface area contributed by atoms with E-state index in [9.17, 15) is 4.79 Å². The molecule has 0 bridgehead atoms. The zero-order valence-electron chi connectivity index (χ0n) is 18.1. The Kier molecular flexibility index (Phi) is 5.15. The van der Waals surface area contributed by atoms with Gasteiger partial charge in [0, 0.05) is 49.6 Å². The molecule has 0 aromatic heterocycles. The lowest BCUT2D eigenvalue weighted by Crippen LogP contribution is -2.39. The van der Waals surface area contributed by atoms with E-state index >= 15 is 0 Å². The summed E-state index contributed by atoms with van der Waals surface area (Å²) in [6.07, 6.45) is 3.93. The molecular formula is C25H32N4O. The molecule has 2 aromatic rings. The minimum absolute atomic E-state index is 0.0254. The highest BCUT2D eigenvalue weighted by Crippen LogP contribution is 2.31. The standard InChI is InChI=1S/C25H32N4O/c1-18-14-22(26-25(30)28-15-20-7-3-4-8-21(20)16-28)9-10-24(18)27-13-11-23(17-27)29-12-5-6-19(29)2/h3-4,7-10,14,19,23H,5-6,11-13,15-17H2,1-2H3,(H,26,30). The summed E-state index contributed by atoms with van der Waals surface area (Å²) >= 11 is 0. The molecule has 5 heteroatoms. The zero-order valence-corrected chi connectivity index (χ0v) is 18.1. The first-order valence-electron chi connectivity index (χ1n) is 11.3. The molecule has 2 aromatic carbocycles. The first-order valence-corrected chi connectivity index (χ1v) is 11.3. The van der Waals surface area contributed by atoms with E-state index in [1.54, 1.807) is 0 Å². The van der Waals surface area contributed by atoms with Gasteiger partial charge in [-0.1, -0.05) is 24.3 Å². The van der Waals surface area contributed by atoms with E-state index in [1.807, 2.05) is 17.0 Å². The summed E-state index contributed by atoms with van der Waals surface area (Å²) in [6.45, 7) is 9.38. The molecule has 2 saturated heterocycles. The number of hydrogen-bond donors (Lipinski definition) is 1. The van der Waals surface area contributed by atoms with Crippen LogP contribution in [0.1, 0.15) is 42.9 Å². The lowest BCUT2D eigenvalue weighted by Gasteiger charge is -2.29. The Balaban J connectivity index is 1.22. The fourth-order valence-corrected chi connectivity index (χ4v) is 5.50. The minimum atomic E-state index is -0.0254. The Labute approximate surface area is 179 Å². The van der Waals surface area contributed by atoms with Gasteiger partial charge < -0.3 is 15.1 Å². The summed E-state index contributed by atoms with van der Waals surface area (Å²) in [4.78, 5) is 19.9. The Hall–Kier alpha value is -2.53. The zero-order chi connectivity index (χ0) is 20.7. The number of anilines is 2. The van der Waals surface area contributed by atoms with Crippen molar-refractivity contribution in [2.24, 2.45) is 0 Å². The average Bonchev–Trinajstić information content (AvgIpc) is 3.46. The van der Waals surface area contributed by atoms with Gasteiger partial charge in [0.25, 0.3) is 0 Å². The molecule has 0 spiro atoms. The van der Waals surface area contributed by atoms with E-state index in [-0.39, 0.29) is 6.03 Å². The van der Waals surface area contributed by atoms with E-state index in [0.717, 1.165) is 24.8 Å². The van der Waals surface area contributed by atoms with Gasteiger partial charge in [0.15, 0.2) is 0 Å². The van der Waals surface area contributed by atoms with Gasteiger partial charge in [-0.3, -0.25) is 4.90 Å². The SMILES string of the molecule is Cc1cc(NC(=O)N2Cc3ccccc3C2)ccc1N1CCC(N2CCCC2C)C1. The topological polar surface area (TPSA) is 38.8 Å². The van der Waals surface area contributed by atoms with Gasteiger partial charge in [0.05, 0.1) is 0 Å². The first kappa shape index (κ1) is 19.4. The van der Waals surface area contributed by atoms with E-state index in [4.69, 9.17) is 0 Å². The molecule has 2 amide bonds. The Morgan fingerprint density at radius 3 is 2.47 bits per heavy atom. The summed E-state index contributed by atoms with van der Waals surface area (Å²) in [7, 11) is 0. The number of aryl methyl sites for hydroxylation is 1. The summed E-state index contributed by atoms with van der Waals surface area (Å²) < 4.78 is 0. The molecule has 5 rings (SSSR count). The predicted molar refractivity (Wildman–Crippen MR) is 122 cm³/mol. The van der Waals surface area contributed by atoms with Crippen molar-refractivity contribution in [3.05, 3.63) is 59.2 Å². The van der Waals surface area contributed by atoms with Crippen LogP contribution in [-0.4, -0.2) is 47.5 Å². The molecule has 2 unspecified atom stereocenters. The number of rotatable bonds is 3. The van der Waals surface area contributed by atoms with Crippen molar-refractivity contribution in [1.82, 2.24) is 9.80 Å². The van der Waals surface area contributed by atoms with Crippen LogP contribution in [0.5, 0.6) is 0 Å². The van der Waals surface area contributed by atoms with Gasteiger partial charge in [-0.05, 0) is 74.5 Å². The Morgan fingerprint density at radius 2 is 1.80 bits per heavy atom. The fourth-order valence-electron chi connectivity index (χ4n) is 5.50. The molecule has 3 aliphatic heterocycles. The van der Waals surface area contributed by atoms with Crippen molar-refractivity contribution < 1.29 is 4.79 Å². The van der Waals surface area contributed by atoms with Crippen LogP contribution in [0.25, 0.3) is 0 Å². The summed E-state index contributed by atoms with van der Waals surface area (Å²) in [5.74, 6) is 0. The number of nitrogens with zero attached hydrogens (tertiary/aromatic N) is 3. The van der Waals surface area contributed by atoms with Gasteiger partial charge in [-0.15, -0.1) is 0 Å². The molecule has 0 saturated carbocycles. The van der Waals surface area contributed by atoms with Crippen LogP contribution >= 0.6 is 0 Å². The third kappa shape index (κ3) is 3.67. The number of amides is 2. The summed E-state index contributed by atoms with van der Waals surface area (Å²) in [5, 5.41) is 3.10. The molecule has 158 valence electrons. The van der Waals surface area contributed by atoms with Gasteiger partial charge in [-0.25, -0.2) is 4.79 Å².